The first-order chi connectivity index (χ1) is 22.1. The maximum atomic E-state index is 13.5. The van der Waals surface area contributed by atoms with Gasteiger partial charge in [-0.05, 0) is 31.2 Å². The van der Waals surface area contributed by atoms with Crippen molar-refractivity contribution in [1.29, 1.82) is 0 Å². The number of pyridine rings is 1. The minimum atomic E-state index is -1.45. The van der Waals surface area contributed by atoms with Gasteiger partial charge in [-0.2, -0.15) is 0 Å². The Morgan fingerprint density at radius 2 is 1.76 bits per heavy atom. The third-order valence-corrected chi connectivity index (χ3v) is 8.22. The van der Waals surface area contributed by atoms with Crippen LogP contribution in [0.5, 0.6) is 11.5 Å². The molecule has 248 valence electrons. The molecule has 4 atom stereocenters. The van der Waals surface area contributed by atoms with E-state index in [-0.39, 0.29) is 30.0 Å². The van der Waals surface area contributed by atoms with Gasteiger partial charge in [-0.3, -0.25) is 19.2 Å². The average Bonchev–Trinajstić information content (AvgIpc) is 3.57. The van der Waals surface area contributed by atoms with Crippen molar-refractivity contribution in [1.82, 2.24) is 10.3 Å². The van der Waals surface area contributed by atoms with Crippen LogP contribution in [0.2, 0.25) is 0 Å². The number of hydrogen-bond donors (Lipinski definition) is 1. The van der Waals surface area contributed by atoms with Crippen LogP contribution >= 0.6 is 0 Å². The minimum Gasteiger partial charge on any atom is -0.493 e. The van der Waals surface area contributed by atoms with E-state index in [1.165, 1.54) is 26.3 Å². The number of cyclic esters (lactones) is 2. The summed E-state index contributed by atoms with van der Waals surface area (Å²) in [5.41, 5.74) is 0.485. The van der Waals surface area contributed by atoms with Crippen molar-refractivity contribution in [2.75, 3.05) is 13.7 Å². The minimum absolute atomic E-state index is 0.102. The third kappa shape index (κ3) is 9.04. The van der Waals surface area contributed by atoms with Gasteiger partial charge in [0.1, 0.15) is 18.6 Å². The van der Waals surface area contributed by atoms with Crippen LogP contribution in [0.25, 0.3) is 0 Å². The summed E-state index contributed by atoms with van der Waals surface area (Å²) in [7, 11) is 1.36. The molecule has 1 aromatic carbocycles. The Morgan fingerprint density at radius 3 is 2.43 bits per heavy atom. The molecule has 12 nitrogen and oxygen atoms in total. The highest BCUT2D eigenvalue weighted by atomic mass is 16.6. The van der Waals surface area contributed by atoms with Gasteiger partial charge in [0.15, 0.2) is 23.6 Å². The number of carbonyl (C=O) groups excluding carboxylic acids is 5. The van der Waals surface area contributed by atoms with Gasteiger partial charge < -0.3 is 29.0 Å². The van der Waals surface area contributed by atoms with E-state index in [0.717, 1.165) is 31.2 Å². The molecule has 1 aliphatic carbocycles. The predicted molar refractivity (Wildman–Crippen MR) is 164 cm³/mol. The number of esters is 4. The van der Waals surface area contributed by atoms with Crippen LogP contribution in [0.15, 0.2) is 42.6 Å². The zero-order valence-electron chi connectivity index (χ0n) is 26.7. The molecule has 1 saturated heterocycles. The molecule has 2 heterocycles. The molecule has 1 aromatic heterocycles. The number of rotatable bonds is 11. The number of carbonyl (C=O) groups is 5. The first-order valence-corrected chi connectivity index (χ1v) is 15.7. The quantitative estimate of drug-likeness (QED) is 0.281. The second-order valence-corrected chi connectivity index (χ2v) is 12.0. The Hall–Kier alpha value is -4.48. The summed E-state index contributed by atoms with van der Waals surface area (Å²) >= 11 is 0. The molecule has 0 radical (unpaired) electrons. The van der Waals surface area contributed by atoms with Crippen LogP contribution in [0.3, 0.4) is 0 Å². The molecule has 2 aromatic rings. The van der Waals surface area contributed by atoms with Gasteiger partial charge in [-0.25, -0.2) is 9.78 Å². The fraction of sp³-hybridized carbons (Fsp3) is 0.529. The van der Waals surface area contributed by atoms with E-state index in [9.17, 15) is 24.0 Å². The van der Waals surface area contributed by atoms with Crippen molar-refractivity contribution >= 4 is 29.8 Å². The Bertz CT molecular complexity index is 1390. The summed E-state index contributed by atoms with van der Waals surface area (Å²) in [4.78, 5) is 69.8. The Balaban J connectivity index is 1.53. The molecule has 0 bridgehead atoms. The van der Waals surface area contributed by atoms with Gasteiger partial charge >= 0.3 is 23.9 Å². The molecular weight excluding hydrogens is 596 g/mol. The number of amides is 1. The van der Waals surface area contributed by atoms with Crippen LogP contribution in [-0.2, 0) is 39.8 Å². The van der Waals surface area contributed by atoms with Crippen molar-refractivity contribution in [2.45, 2.75) is 84.0 Å². The van der Waals surface area contributed by atoms with Crippen LogP contribution in [-0.4, -0.2) is 66.7 Å². The number of hydrogen-bond acceptors (Lipinski definition) is 11. The largest absolute Gasteiger partial charge is 0.493 e. The van der Waals surface area contributed by atoms with Gasteiger partial charge in [0, 0.05) is 18.7 Å². The molecule has 46 heavy (non-hydrogen) atoms. The molecule has 1 aliphatic heterocycles. The van der Waals surface area contributed by atoms with Crippen molar-refractivity contribution < 1.29 is 47.7 Å². The van der Waals surface area contributed by atoms with Gasteiger partial charge in [0.05, 0.1) is 13.0 Å². The van der Waals surface area contributed by atoms with E-state index in [1.807, 2.05) is 30.3 Å². The normalized spacial score (nSPS) is 22.1. The Kier molecular flexibility index (Phi) is 12.1. The van der Waals surface area contributed by atoms with Crippen LogP contribution in [0.1, 0.15) is 75.3 Å². The lowest BCUT2D eigenvalue weighted by molar-refractivity contribution is -0.176. The lowest BCUT2D eigenvalue weighted by Gasteiger charge is -2.29. The van der Waals surface area contributed by atoms with Crippen molar-refractivity contribution in [3.05, 3.63) is 53.9 Å². The fourth-order valence-corrected chi connectivity index (χ4v) is 5.61. The number of aromatic nitrogens is 1. The van der Waals surface area contributed by atoms with Crippen molar-refractivity contribution in [3.63, 3.8) is 0 Å². The molecule has 2 aliphatic rings. The monoisotopic (exact) mass is 638 g/mol. The summed E-state index contributed by atoms with van der Waals surface area (Å²) < 4.78 is 27.8. The van der Waals surface area contributed by atoms with E-state index in [1.54, 1.807) is 13.8 Å². The van der Waals surface area contributed by atoms with Gasteiger partial charge in [0.25, 0.3) is 5.91 Å². The molecule has 2 unspecified atom stereocenters. The number of benzene rings is 1. The van der Waals surface area contributed by atoms with Crippen LogP contribution in [0, 0.1) is 17.8 Å². The van der Waals surface area contributed by atoms with E-state index < -0.39 is 66.5 Å². The first kappa shape index (κ1) is 34.4. The second-order valence-electron chi connectivity index (χ2n) is 12.0. The zero-order chi connectivity index (χ0) is 33.2. The summed E-state index contributed by atoms with van der Waals surface area (Å²) in [5, 5.41) is 2.49. The Morgan fingerprint density at radius 1 is 1.04 bits per heavy atom. The lowest BCUT2D eigenvalue weighted by Crippen LogP contribution is -2.47. The predicted octanol–water partition coefficient (Wildman–Crippen LogP) is 3.98. The number of methoxy groups -OCH3 is 1. The van der Waals surface area contributed by atoms with Crippen molar-refractivity contribution in [2.24, 2.45) is 17.8 Å². The highest BCUT2D eigenvalue weighted by Gasteiger charge is 2.42. The molecule has 0 spiro atoms. The molecule has 1 amide bonds. The number of nitrogens with zero attached hydrogens (tertiary/aromatic N) is 1. The van der Waals surface area contributed by atoms with Crippen LogP contribution in [0.4, 0.5) is 0 Å². The third-order valence-electron chi connectivity index (χ3n) is 8.22. The highest BCUT2D eigenvalue weighted by Crippen LogP contribution is 2.32. The van der Waals surface area contributed by atoms with E-state index >= 15 is 0 Å². The summed E-state index contributed by atoms with van der Waals surface area (Å²) in [6, 6.07) is 9.09. The first-order valence-electron chi connectivity index (χ1n) is 15.7. The van der Waals surface area contributed by atoms with Gasteiger partial charge in [-0.1, -0.05) is 69.9 Å². The molecule has 1 saturated carbocycles. The summed E-state index contributed by atoms with van der Waals surface area (Å²) in [6.07, 6.45) is 4.52. The molecular formula is C34H42N2O10. The Labute approximate surface area is 268 Å². The van der Waals surface area contributed by atoms with Crippen molar-refractivity contribution in [3.8, 4) is 11.5 Å². The van der Waals surface area contributed by atoms with E-state index in [0.29, 0.717) is 12.3 Å². The standard InChI is InChI=1S/C34H42N2O10/c1-20(2)32(39)46-29-21(3)44-34(41)25(19-43-33(40)24(29)18-23-12-6-5-7-13-23)36-31(38)28-30(26(42-4)16-17-35-28)45-27(37)15-14-22-10-8-9-11-22/h5-7,12-13,16-17,20-22,24-25,29H,8-11,14-15,18-19H2,1-4H3,(H,36,38)/t21-,24+,25?,29?/m0/s1. The van der Waals surface area contributed by atoms with E-state index in [2.05, 4.69) is 10.3 Å². The summed E-state index contributed by atoms with van der Waals surface area (Å²) in [6.45, 7) is 4.25. The zero-order valence-corrected chi connectivity index (χ0v) is 26.7. The number of nitrogens with one attached hydrogen (secondary N) is 1. The SMILES string of the molecule is COc1ccnc(C(=O)NC2COC(=O)[C@H](Cc3ccccc3)C(OC(=O)C(C)C)[C@H](C)OC2=O)c1OC(=O)CCC1CCCC1. The highest BCUT2D eigenvalue weighted by molar-refractivity contribution is 5.99. The molecule has 12 heteroatoms. The van der Waals surface area contributed by atoms with Crippen LogP contribution < -0.4 is 14.8 Å². The maximum absolute atomic E-state index is 13.5. The lowest BCUT2D eigenvalue weighted by atomic mass is 9.91. The number of ether oxygens (including phenoxy) is 5. The molecule has 2 fully saturated rings. The average molecular weight is 639 g/mol. The molecule has 4 rings (SSSR count). The second kappa shape index (κ2) is 16.2. The topological polar surface area (TPSA) is 156 Å². The van der Waals surface area contributed by atoms with Gasteiger partial charge in [0.2, 0.25) is 5.75 Å². The maximum Gasteiger partial charge on any atom is 0.332 e. The van der Waals surface area contributed by atoms with Gasteiger partial charge in [-0.15, -0.1) is 0 Å². The molecule has 1 N–H and O–H groups in total. The fourth-order valence-electron chi connectivity index (χ4n) is 5.61. The smallest absolute Gasteiger partial charge is 0.332 e. The summed E-state index contributed by atoms with van der Waals surface area (Å²) in [5.74, 6) is -4.77. The van der Waals surface area contributed by atoms with E-state index in [4.69, 9.17) is 23.7 Å².